The van der Waals surface area contributed by atoms with E-state index in [-0.39, 0.29) is 0 Å². The van der Waals surface area contributed by atoms with Crippen molar-refractivity contribution < 1.29 is 9.18 Å². The predicted octanol–water partition coefficient (Wildman–Crippen LogP) is 3.23. The third kappa shape index (κ3) is 3.20. The van der Waals surface area contributed by atoms with Crippen LogP contribution in [0, 0.1) is 0 Å². The van der Waals surface area contributed by atoms with Gasteiger partial charge in [-0.1, -0.05) is 32.6 Å². The fourth-order valence-corrected chi connectivity index (χ4v) is 1.17. The van der Waals surface area contributed by atoms with Gasteiger partial charge < -0.3 is 5.32 Å². The largest absolute Gasteiger partial charge is 0.320 e. The van der Waals surface area contributed by atoms with E-state index < -0.39 is 11.7 Å². The lowest BCUT2D eigenvalue weighted by Gasteiger charge is -2.08. The van der Waals surface area contributed by atoms with Gasteiger partial charge in [0.25, 0.3) is 5.91 Å². The number of benzene rings is 1. The number of nitrogens with one attached hydrogen (secondary N) is 1. The summed E-state index contributed by atoms with van der Waals surface area (Å²) >= 11 is 0. The first-order valence-corrected chi connectivity index (χ1v) is 4.76. The third-order valence-electron chi connectivity index (χ3n) is 2.06. The van der Waals surface area contributed by atoms with E-state index in [0.717, 1.165) is 5.56 Å². The number of anilines is 1. The minimum absolute atomic E-state index is 0.371. The molecular formula is C12H14FNO. The minimum atomic E-state index is -0.982. The van der Waals surface area contributed by atoms with Crippen molar-refractivity contribution in [2.24, 2.45) is 0 Å². The fraction of sp³-hybridized carbons (Fsp3) is 0.250. The maximum absolute atomic E-state index is 12.4. The molecule has 0 bridgehead atoms. The number of halogens is 1. The molecule has 1 amide bonds. The van der Waals surface area contributed by atoms with Crippen molar-refractivity contribution >= 4 is 11.6 Å². The summed E-state index contributed by atoms with van der Waals surface area (Å²) in [5.74, 6) is -1.41. The molecule has 2 nitrogen and oxygen atoms in total. The summed E-state index contributed by atoms with van der Waals surface area (Å²) in [6, 6.07) is 7.33. The summed E-state index contributed by atoms with van der Waals surface area (Å²) in [7, 11) is 0. The van der Waals surface area contributed by atoms with Gasteiger partial charge in [0.15, 0.2) is 5.83 Å². The van der Waals surface area contributed by atoms with E-state index in [1.54, 1.807) is 6.07 Å². The summed E-state index contributed by atoms with van der Waals surface area (Å²) in [6.07, 6.45) is 0. The molecule has 80 valence electrons. The molecule has 0 heterocycles. The van der Waals surface area contributed by atoms with E-state index in [4.69, 9.17) is 0 Å². The number of carbonyl (C=O) groups is 1. The first-order valence-electron chi connectivity index (χ1n) is 4.76. The fourth-order valence-electron chi connectivity index (χ4n) is 1.17. The van der Waals surface area contributed by atoms with Gasteiger partial charge in [-0.05, 0) is 23.6 Å². The Morgan fingerprint density at radius 1 is 1.47 bits per heavy atom. The van der Waals surface area contributed by atoms with Gasteiger partial charge in [0.2, 0.25) is 0 Å². The first kappa shape index (κ1) is 11.4. The molecular weight excluding hydrogens is 193 g/mol. The van der Waals surface area contributed by atoms with Crippen molar-refractivity contribution in [2.75, 3.05) is 5.32 Å². The second-order valence-electron chi connectivity index (χ2n) is 3.64. The molecule has 3 heteroatoms. The molecule has 0 aliphatic carbocycles. The lowest BCUT2D eigenvalue weighted by molar-refractivity contribution is -0.114. The molecule has 1 rings (SSSR count). The topological polar surface area (TPSA) is 29.1 Å². The van der Waals surface area contributed by atoms with Crippen molar-refractivity contribution in [2.45, 2.75) is 19.8 Å². The minimum Gasteiger partial charge on any atom is -0.320 e. The Morgan fingerprint density at radius 3 is 2.67 bits per heavy atom. The average Bonchev–Trinajstić information content (AvgIpc) is 2.18. The second-order valence-corrected chi connectivity index (χ2v) is 3.64. The molecule has 0 unspecified atom stereocenters. The van der Waals surface area contributed by atoms with Crippen LogP contribution in [0.4, 0.5) is 10.1 Å². The molecule has 0 atom stereocenters. The van der Waals surface area contributed by atoms with E-state index in [1.807, 2.05) is 18.2 Å². The van der Waals surface area contributed by atoms with Crippen LogP contribution in [-0.4, -0.2) is 5.91 Å². The smallest absolute Gasteiger partial charge is 0.283 e. The Balaban J connectivity index is 2.82. The van der Waals surface area contributed by atoms with Crippen molar-refractivity contribution in [3.05, 3.63) is 42.2 Å². The molecule has 0 radical (unpaired) electrons. The lowest BCUT2D eigenvalue weighted by Crippen LogP contribution is -2.11. The highest BCUT2D eigenvalue weighted by molar-refractivity contribution is 6.01. The highest BCUT2D eigenvalue weighted by atomic mass is 19.1. The normalized spacial score (nSPS) is 10.1. The summed E-state index contributed by atoms with van der Waals surface area (Å²) in [6.45, 7) is 7.03. The zero-order valence-electron chi connectivity index (χ0n) is 8.88. The second kappa shape index (κ2) is 4.73. The van der Waals surface area contributed by atoms with Gasteiger partial charge >= 0.3 is 0 Å². The number of carbonyl (C=O) groups excluding carboxylic acids is 1. The molecule has 0 saturated carbocycles. The molecule has 15 heavy (non-hydrogen) atoms. The van der Waals surface area contributed by atoms with Crippen molar-refractivity contribution in [3.8, 4) is 0 Å². The highest BCUT2D eigenvalue weighted by Crippen LogP contribution is 2.18. The molecule has 1 aromatic carbocycles. The molecule has 0 aromatic heterocycles. The van der Waals surface area contributed by atoms with Gasteiger partial charge in [-0.15, -0.1) is 0 Å². The monoisotopic (exact) mass is 207 g/mol. The first-order chi connectivity index (χ1) is 7.00. The predicted molar refractivity (Wildman–Crippen MR) is 59.4 cm³/mol. The maximum Gasteiger partial charge on any atom is 0.283 e. The number of hydrogen-bond acceptors (Lipinski definition) is 1. The van der Waals surface area contributed by atoms with Gasteiger partial charge in [0, 0.05) is 5.69 Å². The zero-order valence-corrected chi connectivity index (χ0v) is 8.88. The van der Waals surface area contributed by atoms with Gasteiger partial charge in [0.05, 0.1) is 0 Å². The summed E-state index contributed by atoms with van der Waals surface area (Å²) < 4.78 is 12.4. The standard InChI is InChI=1S/C12H14FNO/c1-8(2)10-5-4-6-11(7-10)14-12(15)9(3)13/h4-8H,3H2,1-2H3,(H,14,15). The highest BCUT2D eigenvalue weighted by Gasteiger charge is 2.06. The summed E-state index contributed by atoms with van der Waals surface area (Å²) in [5.41, 5.74) is 1.68. The van der Waals surface area contributed by atoms with Gasteiger partial charge in [-0.25, -0.2) is 4.39 Å². The lowest BCUT2D eigenvalue weighted by atomic mass is 10.0. The van der Waals surface area contributed by atoms with E-state index >= 15 is 0 Å². The third-order valence-corrected chi connectivity index (χ3v) is 2.06. The van der Waals surface area contributed by atoms with E-state index in [1.165, 1.54) is 0 Å². The Hall–Kier alpha value is -1.64. The van der Waals surface area contributed by atoms with E-state index in [2.05, 4.69) is 25.7 Å². The van der Waals surface area contributed by atoms with Crippen LogP contribution in [0.25, 0.3) is 0 Å². The molecule has 0 spiro atoms. The SMILES string of the molecule is C=C(F)C(=O)Nc1cccc(C(C)C)c1. The Labute approximate surface area is 88.8 Å². The molecule has 0 aliphatic heterocycles. The summed E-state index contributed by atoms with van der Waals surface area (Å²) in [4.78, 5) is 11.0. The number of hydrogen-bond donors (Lipinski definition) is 1. The van der Waals surface area contributed by atoms with Crippen LogP contribution < -0.4 is 5.32 Å². The molecule has 0 fully saturated rings. The van der Waals surface area contributed by atoms with Gasteiger partial charge in [-0.3, -0.25) is 4.79 Å². The molecule has 1 aromatic rings. The number of rotatable bonds is 3. The van der Waals surface area contributed by atoms with Crippen LogP contribution in [0.1, 0.15) is 25.3 Å². The van der Waals surface area contributed by atoms with Gasteiger partial charge in [0.1, 0.15) is 0 Å². The molecule has 1 N–H and O–H groups in total. The van der Waals surface area contributed by atoms with Gasteiger partial charge in [-0.2, -0.15) is 0 Å². The maximum atomic E-state index is 12.4. The van der Waals surface area contributed by atoms with Crippen LogP contribution in [0.5, 0.6) is 0 Å². The zero-order chi connectivity index (χ0) is 11.4. The van der Waals surface area contributed by atoms with Crippen LogP contribution in [-0.2, 0) is 4.79 Å². The Kier molecular flexibility index (Phi) is 3.61. The number of amides is 1. The van der Waals surface area contributed by atoms with Crippen molar-refractivity contribution in [1.82, 2.24) is 0 Å². The van der Waals surface area contributed by atoms with Crippen LogP contribution in [0.3, 0.4) is 0 Å². The average molecular weight is 207 g/mol. The van der Waals surface area contributed by atoms with Crippen LogP contribution in [0.2, 0.25) is 0 Å². The Morgan fingerprint density at radius 2 is 2.13 bits per heavy atom. The molecule has 0 aliphatic rings. The quantitative estimate of drug-likeness (QED) is 0.757. The van der Waals surface area contributed by atoms with Crippen molar-refractivity contribution in [1.29, 1.82) is 0 Å². The Bertz CT molecular complexity index is 385. The molecule has 0 saturated heterocycles. The summed E-state index contributed by atoms with van der Waals surface area (Å²) in [5, 5.41) is 2.42. The van der Waals surface area contributed by atoms with Crippen molar-refractivity contribution in [3.63, 3.8) is 0 Å². The van der Waals surface area contributed by atoms with E-state index in [0.29, 0.717) is 11.6 Å². The van der Waals surface area contributed by atoms with E-state index in [9.17, 15) is 9.18 Å². The van der Waals surface area contributed by atoms with Crippen LogP contribution in [0.15, 0.2) is 36.7 Å². The van der Waals surface area contributed by atoms with Crippen LogP contribution >= 0.6 is 0 Å².